The van der Waals surface area contributed by atoms with E-state index in [4.69, 9.17) is 5.11 Å². The summed E-state index contributed by atoms with van der Waals surface area (Å²) in [6.45, 7) is -0.277. The summed E-state index contributed by atoms with van der Waals surface area (Å²) in [7, 11) is 0. The van der Waals surface area contributed by atoms with E-state index in [2.05, 4.69) is 25.7 Å². The lowest BCUT2D eigenvalue weighted by Crippen LogP contribution is -2.40. The highest BCUT2D eigenvalue weighted by Crippen LogP contribution is 2.26. The highest BCUT2D eigenvalue weighted by Gasteiger charge is 2.26. The Kier molecular flexibility index (Phi) is 6.20. The fraction of sp³-hybridized carbons (Fsp3) is 0.429. The molecule has 4 N–H and O–H groups in total. The molecular formula is C21H26N6O3. The van der Waals surface area contributed by atoms with Gasteiger partial charge >= 0.3 is 0 Å². The second-order valence-electron chi connectivity index (χ2n) is 7.63. The van der Waals surface area contributed by atoms with E-state index in [0.29, 0.717) is 11.8 Å². The SMILES string of the molecule is O=C(NCC(O)CO)C1CCC(Nc2nccc(-n3ncc4ccccc43)n2)CC1. The van der Waals surface area contributed by atoms with E-state index in [1.165, 1.54) is 0 Å². The number of hydrogen-bond acceptors (Lipinski definition) is 7. The van der Waals surface area contributed by atoms with Crippen LogP contribution in [0, 0.1) is 5.92 Å². The average molecular weight is 410 g/mol. The topological polar surface area (TPSA) is 125 Å². The number of para-hydroxylation sites is 1. The monoisotopic (exact) mass is 410 g/mol. The number of hydrogen-bond donors (Lipinski definition) is 4. The molecule has 1 saturated carbocycles. The van der Waals surface area contributed by atoms with Gasteiger partial charge in [-0.05, 0) is 31.7 Å². The van der Waals surface area contributed by atoms with Crippen molar-refractivity contribution in [2.24, 2.45) is 5.92 Å². The van der Waals surface area contributed by atoms with E-state index in [1.54, 1.807) is 10.9 Å². The molecule has 9 nitrogen and oxygen atoms in total. The zero-order valence-corrected chi connectivity index (χ0v) is 16.6. The number of amides is 1. The van der Waals surface area contributed by atoms with Crippen LogP contribution in [-0.4, -0.2) is 61.2 Å². The highest BCUT2D eigenvalue weighted by atomic mass is 16.3. The molecule has 3 aromatic rings. The predicted molar refractivity (Wildman–Crippen MR) is 112 cm³/mol. The van der Waals surface area contributed by atoms with Crippen LogP contribution in [0.3, 0.4) is 0 Å². The molecule has 1 unspecified atom stereocenters. The van der Waals surface area contributed by atoms with Gasteiger partial charge in [-0.2, -0.15) is 10.1 Å². The lowest BCUT2D eigenvalue weighted by Gasteiger charge is -2.28. The zero-order valence-electron chi connectivity index (χ0n) is 16.6. The summed E-state index contributed by atoms with van der Waals surface area (Å²) in [5, 5.41) is 29.8. The number of benzene rings is 1. The first-order valence-electron chi connectivity index (χ1n) is 10.2. The molecule has 1 aliphatic rings. The first-order chi connectivity index (χ1) is 14.6. The second kappa shape index (κ2) is 9.19. The average Bonchev–Trinajstić information content (AvgIpc) is 3.22. The van der Waals surface area contributed by atoms with E-state index in [9.17, 15) is 9.90 Å². The number of carbonyl (C=O) groups excluding carboxylic acids is 1. The molecule has 0 bridgehead atoms. The Balaban J connectivity index is 1.35. The molecule has 158 valence electrons. The Hall–Kier alpha value is -3.04. The minimum absolute atomic E-state index is 0.0650. The molecule has 0 radical (unpaired) electrons. The predicted octanol–water partition coefficient (Wildman–Crippen LogP) is 1.26. The molecular weight excluding hydrogens is 384 g/mol. The number of nitrogens with one attached hydrogen (secondary N) is 2. The van der Waals surface area contributed by atoms with Crippen LogP contribution in [0.25, 0.3) is 16.7 Å². The lowest BCUT2D eigenvalue weighted by atomic mass is 9.85. The van der Waals surface area contributed by atoms with Crippen LogP contribution < -0.4 is 10.6 Å². The standard InChI is InChI=1S/C21H26N6O3/c28-13-17(29)12-23-20(30)14-5-7-16(8-6-14)25-21-22-10-9-19(26-21)27-18-4-2-1-3-15(18)11-24-27/h1-4,9-11,14,16-17,28-29H,5-8,12-13H2,(H,23,30)(H,22,25,26). The van der Waals surface area contributed by atoms with Crippen LogP contribution in [0.5, 0.6) is 0 Å². The van der Waals surface area contributed by atoms with Crippen LogP contribution in [-0.2, 0) is 4.79 Å². The number of rotatable bonds is 7. The van der Waals surface area contributed by atoms with E-state index < -0.39 is 6.10 Å². The van der Waals surface area contributed by atoms with Crippen LogP contribution in [0.4, 0.5) is 5.95 Å². The van der Waals surface area contributed by atoms with Gasteiger partial charge in [0, 0.05) is 36.2 Å². The number of anilines is 1. The third-order valence-electron chi connectivity index (χ3n) is 5.49. The van der Waals surface area contributed by atoms with Crippen LogP contribution in [0.15, 0.2) is 42.7 Å². The summed E-state index contributed by atoms with van der Waals surface area (Å²) < 4.78 is 1.80. The van der Waals surface area contributed by atoms with Gasteiger partial charge in [-0.15, -0.1) is 0 Å². The van der Waals surface area contributed by atoms with Crippen molar-refractivity contribution in [3.05, 3.63) is 42.7 Å². The van der Waals surface area contributed by atoms with Gasteiger partial charge < -0.3 is 20.8 Å². The molecule has 30 heavy (non-hydrogen) atoms. The highest BCUT2D eigenvalue weighted by molar-refractivity contribution is 5.80. The number of aliphatic hydroxyl groups is 2. The second-order valence-corrected chi connectivity index (χ2v) is 7.63. The Morgan fingerprint density at radius 3 is 2.80 bits per heavy atom. The van der Waals surface area contributed by atoms with Crippen molar-refractivity contribution in [1.29, 1.82) is 0 Å². The van der Waals surface area contributed by atoms with Gasteiger partial charge in [0.25, 0.3) is 0 Å². The Morgan fingerprint density at radius 1 is 1.20 bits per heavy atom. The Morgan fingerprint density at radius 2 is 2.00 bits per heavy atom. The van der Waals surface area contributed by atoms with Gasteiger partial charge in [-0.25, -0.2) is 9.67 Å². The molecule has 2 heterocycles. The molecule has 1 fully saturated rings. The molecule has 1 atom stereocenters. The van der Waals surface area contributed by atoms with E-state index >= 15 is 0 Å². The summed E-state index contributed by atoms with van der Waals surface area (Å²) in [6, 6.07) is 9.99. The largest absolute Gasteiger partial charge is 0.394 e. The molecule has 2 aromatic heterocycles. The van der Waals surface area contributed by atoms with Crippen molar-refractivity contribution in [2.45, 2.75) is 37.8 Å². The zero-order chi connectivity index (χ0) is 20.9. The molecule has 4 rings (SSSR count). The van der Waals surface area contributed by atoms with Crippen molar-refractivity contribution in [3.63, 3.8) is 0 Å². The number of aromatic nitrogens is 4. The quantitative estimate of drug-likeness (QED) is 0.462. The summed E-state index contributed by atoms with van der Waals surface area (Å²) in [4.78, 5) is 21.2. The van der Waals surface area contributed by atoms with Gasteiger partial charge in [0.2, 0.25) is 11.9 Å². The third kappa shape index (κ3) is 4.58. The Labute approximate surface area is 174 Å². The van der Waals surface area contributed by atoms with Gasteiger partial charge in [0.05, 0.1) is 24.4 Å². The smallest absolute Gasteiger partial charge is 0.224 e. The maximum Gasteiger partial charge on any atom is 0.224 e. The van der Waals surface area contributed by atoms with Crippen molar-refractivity contribution >= 4 is 22.8 Å². The number of fused-ring (bicyclic) bond motifs is 1. The van der Waals surface area contributed by atoms with E-state index in [-0.39, 0.29) is 31.0 Å². The minimum atomic E-state index is -0.914. The van der Waals surface area contributed by atoms with Crippen molar-refractivity contribution < 1.29 is 15.0 Å². The van der Waals surface area contributed by atoms with Crippen LogP contribution in [0.1, 0.15) is 25.7 Å². The van der Waals surface area contributed by atoms with Gasteiger partial charge in [-0.3, -0.25) is 4.79 Å². The maximum absolute atomic E-state index is 12.2. The van der Waals surface area contributed by atoms with Crippen molar-refractivity contribution in [3.8, 4) is 5.82 Å². The van der Waals surface area contributed by atoms with Crippen molar-refractivity contribution in [1.82, 2.24) is 25.1 Å². The number of nitrogens with zero attached hydrogens (tertiary/aromatic N) is 4. The Bertz CT molecular complexity index is 999. The first kappa shape index (κ1) is 20.2. The lowest BCUT2D eigenvalue weighted by molar-refractivity contribution is -0.126. The van der Waals surface area contributed by atoms with Gasteiger partial charge in [0.1, 0.15) is 0 Å². The summed E-state index contributed by atoms with van der Waals surface area (Å²) in [5.41, 5.74) is 0.986. The molecule has 0 spiro atoms. The molecule has 9 heteroatoms. The summed E-state index contributed by atoms with van der Waals surface area (Å²) in [6.07, 6.45) is 5.79. The maximum atomic E-state index is 12.2. The molecule has 1 aliphatic carbocycles. The van der Waals surface area contributed by atoms with Crippen LogP contribution >= 0.6 is 0 Å². The first-order valence-corrected chi connectivity index (χ1v) is 10.2. The third-order valence-corrected chi connectivity index (χ3v) is 5.49. The van der Waals surface area contributed by atoms with E-state index in [0.717, 1.165) is 36.6 Å². The molecule has 0 saturated heterocycles. The number of carbonyl (C=O) groups is 1. The molecule has 1 amide bonds. The fourth-order valence-corrected chi connectivity index (χ4v) is 3.80. The molecule has 1 aromatic carbocycles. The summed E-state index contributed by atoms with van der Waals surface area (Å²) in [5.74, 6) is 1.11. The van der Waals surface area contributed by atoms with E-state index in [1.807, 2.05) is 36.5 Å². The minimum Gasteiger partial charge on any atom is -0.394 e. The van der Waals surface area contributed by atoms with Crippen LogP contribution in [0.2, 0.25) is 0 Å². The summed E-state index contributed by atoms with van der Waals surface area (Å²) >= 11 is 0. The van der Waals surface area contributed by atoms with Gasteiger partial charge in [0.15, 0.2) is 5.82 Å². The fourth-order valence-electron chi connectivity index (χ4n) is 3.80. The van der Waals surface area contributed by atoms with Crippen molar-refractivity contribution in [2.75, 3.05) is 18.5 Å². The number of aliphatic hydroxyl groups excluding tert-OH is 2. The van der Waals surface area contributed by atoms with Gasteiger partial charge in [-0.1, -0.05) is 18.2 Å². The normalized spacial score (nSPS) is 20.1. The molecule has 0 aliphatic heterocycles.